The molecule has 0 spiro atoms. The maximum atomic E-state index is 8.49. The van der Waals surface area contributed by atoms with Gasteiger partial charge in [-0.3, -0.25) is 0 Å². The van der Waals surface area contributed by atoms with Gasteiger partial charge in [0.1, 0.15) is 11.8 Å². The first-order valence-corrected chi connectivity index (χ1v) is 2.70. The summed E-state index contributed by atoms with van der Waals surface area (Å²) in [7, 11) is 1.43. The van der Waals surface area contributed by atoms with Crippen LogP contribution >= 0.6 is 0 Å². The molecule has 0 fully saturated rings. The molecule has 0 aromatic carbocycles. The van der Waals surface area contributed by atoms with Gasteiger partial charge in [0.25, 0.3) is 0 Å². The van der Waals surface area contributed by atoms with Gasteiger partial charge < -0.3 is 9.26 Å². The lowest BCUT2D eigenvalue weighted by atomic mass is 10.3. The van der Waals surface area contributed by atoms with Crippen molar-refractivity contribution < 1.29 is 9.26 Å². The zero-order valence-corrected chi connectivity index (χ0v) is 5.71. The van der Waals surface area contributed by atoms with Gasteiger partial charge >= 0.3 is 5.95 Å². The summed E-state index contributed by atoms with van der Waals surface area (Å²) in [5.41, 5.74) is 0.918. The summed E-state index contributed by atoms with van der Waals surface area (Å²) in [5.74, 6) is 0.181. The average molecular weight is 138 g/mol. The molecular formula is C6H6N2O2. The second-order valence-electron chi connectivity index (χ2n) is 1.75. The van der Waals surface area contributed by atoms with E-state index in [4.69, 9.17) is 10.00 Å². The van der Waals surface area contributed by atoms with Crippen molar-refractivity contribution in [1.29, 1.82) is 5.26 Å². The lowest BCUT2D eigenvalue weighted by molar-refractivity contribution is 0.259. The molecule has 1 aromatic heterocycles. The molecule has 1 aromatic rings. The van der Waals surface area contributed by atoms with Gasteiger partial charge in [-0.1, -0.05) is 5.16 Å². The molecule has 0 unspecified atom stereocenters. The topological polar surface area (TPSA) is 59.1 Å². The number of rotatable bonds is 1. The van der Waals surface area contributed by atoms with Gasteiger partial charge in [-0.15, -0.1) is 0 Å². The normalized spacial score (nSPS) is 8.90. The highest BCUT2D eigenvalue weighted by Gasteiger charge is 2.11. The summed E-state index contributed by atoms with van der Waals surface area (Å²) in [6, 6.07) is 1.91. The molecular weight excluding hydrogens is 132 g/mol. The van der Waals surface area contributed by atoms with Crippen molar-refractivity contribution in [3.05, 3.63) is 11.3 Å². The van der Waals surface area contributed by atoms with Gasteiger partial charge in [0.15, 0.2) is 5.56 Å². The van der Waals surface area contributed by atoms with E-state index in [9.17, 15) is 0 Å². The summed E-state index contributed by atoms with van der Waals surface area (Å²) >= 11 is 0. The van der Waals surface area contributed by atoms with Crippen molar-refractivity contribution in [2.24, 2.45) is 0 Å². The van der Waals surface area contributed by atoms with Crippen LogP contribution in [-0.2, 0) is 0 Å². The Labute approximate surface area is 58.0 Å². The first-order valence-electron chi connectivity index (χ1n) is 2.70. The minimum absolute atomic E-state index is 0.181. The van der Waals surface area contributed by atoms with Crippen molar-refractivity contribution >= 4 is 0 Å². The predicted molar refractivity (Wildman–Crippen MR) is 32.5 cm³/mol. The van der Waals surface area contributed by atoms with Crippen LogP contribution in [0.3, 0.4) is 0 Å². The van der Waals surface area contributed by atoms with Crippen molar-refractivity contribution in [2.75, 3.05) is 7.11 Å². The maximum absolute atomic E-state index is 8.49. The molecule has 0 amide bonds. The molecule has 0 radical (unpaired) electrons. The largest absolute Gasteiger partial charge is 0.466 e. The maximum Gasteiger partial charge on any atom is 0.329 e. The molecule has 0 N–H and O–H groups in total. The molecule has 1 heterocycles. The van der Waals surface area contributed by atoms with Crippen molar-refractivity contribution in [3.8, 4) is 12.0 Å². The number of methoxy groups -OCH3 is 1. The van der Waals surface area contributed by atoms with Crippen LogP contribution in [0.5, 0.6) is 5.95 Å². The summed E-state index contributed by atoms with van der Waals surface area (Å²) in [4.78, 5) is 0. The molecule has 0 atom stereocenters. The molecule has 0 bridgehead atoms. The number of hydrogen-bond acceptors (Lipinski definition) is 4. The third-order valence-corrected chi connectivity index (χ3v) is 1.13. The Balaban J connectivity index is 3.17. The van der Waals surface area contributed by atoms with E-state index in [2.05, 4.69) is 9.68 Å². The molecule has 1 rings (SSSR count). The number of aromatic nitrogens is 1. The zero-order chi connectivity index (χ0) is 7.56. The molecule has 0 aliphatic carbocycles. The second kappa shape index (κ2) is 2.40. The Bertz CT molecular complexity index is 272. The number of nitrogens with zero attached hydrogens (tertiary/aromatic N) is 2. The lowest BCUT2D eigenvalue weighted by Crippen LogP contribution is -1.82. The first kappa shape index (κ1) is 6.62. The van der Waals surface area contributed by atoms with Crippen LogP contribution in [0.15, 0.2) is 4.52 Å². The predicted octanol–water partition coefficient (Wildman–Crippen LogP) is 0.863. The van der Waals surface area contributed by atoms with Gasteiger partial charge in [0.2, 0.25) is 0 Å². The van der Waals surface area contributed by atoms with Crippen LogP contribution in [0.25, 0.3) is 0 Å². The number of aryl methyl sites for hydroxylation is 1. The van der Waals surface area contributed by atoms with Crippen LogP contribution in [0, 0.1) is 18.3 Å². The first-order chi connectivity index (χ1) is 4.79. The van der Waals surface area contributed by atoms with Gasteiger partial charge in [-0.25, -0.2) is 0 Å². The quantitative estimate of drug-likeness (QED) is 0.577. The third kappa shape index (κ3) is 0.818. The Morgan fingerprint density at radius 2 is 2.40 bits per heavy atom. The fraction of sp³-hybridized carbons (Fsp3) is 0.333. The van der Waals surface area contributed by atoms with Crippen LogP contribution in [0.1, 0.15) is 11.3 Å². The molecule has 10 heavy (non-hydrogen) atoms. The SMILES string of the molecule is COc1onc(C)c1C#N. The van der Waals surface area contributed by atoms with Crippen LogP contribution < -0.4 is 4.74 Å². The molecule has 4 heteroatoms. The molecule has 52 valence electrons. The Morgan fingerprint density at radius 3 is 2.80 bits per heavy atom. The van der Waals surface area contributed by atoms with Crippen molar-refractivity contribution in [2.45, 2.75) is 6.92 Å². The minimum Gasteiger partial charge on any atom is -0.466 e. The van der Waals surface area contributed by atoms with E-state index in [1.54, 1.807) is 6.92 Å². The smallest absolute Gasteiger partial charge is 0.329 e. The van der Waals surface area contributed by atoms with E-state index in [-0.39, 0.29) is 5.95 Å². The number of nitriles is 1. The molecule has 0 aliphatic rings. The lowest BCUT2D eigenvalue weighted by Gasteiger charge is -1.87. The fourth-order valence-electron chi connectivity index (χ4n) is 0.615. The number of ether oxygens (including phenoxy) is 1. The van der Waals surface area contributed by atoms with E-state index in [1.165, 1.54) is 7.11 Å². The Kier molecular flexibility index (Phi) is 1.59. The van der Waals surface area contributed by atoms with Crippen molar-refractivity contribution in [1.82, 2.24) is 5.16 Å². The molecule has 0 saturated carbocycles. The van der Waals surface area contributed by atoms with E-state index in [0.717, 1.165) is 0 Å². The summed E-state index contributed by atoms with van der Waals surface area (Å²) in [6.07, 6.45) is 0. The van der Waals surface area contributed by atoms with E-state index >= 15 is 0 Å². The van der Waals surface area contributed by atoms with E-state index in [1.807, 2.05) is 6.07 Å². The van der Waals surface area contributed by atoms with Crippen LogP contribution in [-0.4, -0.2) is 12.3 Å². The Hall–Kier alpha value is -1.50. The molecule has 0 saturated heterocycles. The highest BCUT2D eigenvalue weighted by molar-refractivity contribution is 5.38. The van der Waals surface area contributed by atoms with E-state index in [0.29, 0.717) is 11.3 Å². The third-order valence-electron chi connectivity index (χ3n) is 1.13. The molecule has 4 nitrogen and oxygen atoms in total. The van der Waals surface area contributed by atoms with Gasteiger partial charge in [0, 0.05) is 0 Å². The summed E-state index contributed by atoms with van der Waals surface area (Å²) in [6.45, 7) is 1.69. The highest BCUT2D eigenvalue weighted by atomic mass is 16.6. The summed E-state index contributed by atoms with van der Waals surface area (Å²) in [5, 5.41) is 12.0. The van der Waals surface area contributed by atoms with Gasteiger partial charge in [-0.05, 0) is 6.92 Å². The number of hydrogen-bond donors (Lipinski definition) is 0. The van der Waals surface area contributed by atoms with Crippen molar-refractivity contribution in [3.63, 3.8) is 0 Å². The minimum atomic E-state index is 0.181. The van der Waals surface area contributed by atoms with Gasteiger partial charge in [-0.2, -0.15) is 5.26 Å². The average Bonchev–Trinajstić information content (AvgIpc) is 2.30. The van der Waals surface area contributed by atoms with Gasteiger partial charge in [0.05, 0.1) is 7.11 Å². The van der Waals surface area contributed by atoms with Crippen LogP contribution in [0.4, 0.5) is 0 Å². The fourth-order valence-corrected chi connectivity index (χ4v) is 0.615. The van der Waals surface area contributed by atoms with Crippen LogP contribution in [0.2, 0.25) is 0 Å². The Morgan fingerprint density at radius 1 is 1.70 bits per heavy atom. The second-order valence-corrected chi connectivity index (χ2v) is 1.75. The zero-order valence-electron chi connectivity index (χ0n) is 5.71. The van der Waals surface area contributed by atoms with E-state index < -0.39 is 0 Å². The summed E-state index contributed by atoms with van der Waals surface area (Å²) < 4.78 is 9.35. The molecule has 0 aliphatic heterocycles. The monoisotopic (exact) mass is 138 g/mol. The standard InChI is InChI=1S/C6H6N2O2/c1-4-5(3-7)6(9-2)10-8-4/h1-2H3. The highest BCUT2D eigenvalue weighted by Crippen LogP contribution is 2.18.